The van der Waals surface area contributed by atoms with E-state index in [4.69, 9.17) is 5.11 Å². The van der Waals surface area contributed by atoms with Gasteiger partial charge in [-0.3, -0.25) is 9.59 Å². The van der Waals surface area contributed by atoms with E-state index >= 15 is 0 Å². The SMILES string of the molecule is CCC(Cc1ccccc1Br)C(=O)NC1(CC(=O)O)CCC1. The molecule has 1 aromatic carbocycles. The third-order valence-corrected chi connectivity index (χ3v) is 5.25. The Morgan fingerprint density at radius 2 is 2.05 bits per heavy atom. The van der Waals surface area contributed by atoms with Crippen molar-refractivity contribution in [3.05, 3.63) is 34.3 Å². The van der Waals surface area contributed by atoms with Gasteiger partial charge in [-0.05, 0) is 43.7 Å². The van der Waals surface area contributed by atoms with Crippen LogP contribution >= 0.6 is 15.9 Å². The van der Waals surface area contributed by atoms with Gasteiger partial charge in [0.25, 0.3) is 0 Å². The Labute approximate surface area is 139 Å². The third-order valence-electron chi connectivity index (χ3n) is 4.48. The van der Waals surface area contributed by atoms with Crippen molar-refractivity contribution >= 4 is 27.8 Å². The molecule has 0 radical (unpaired) electrons. The van der Waals surface area contributed by atoms with Crippen LogP contribution in [0.15, 0.2) is 28.7 Å². The molecule has 1 fully saturated rings. The normalized spacial score (nSPS) is 17.4. The van der Waals surface area contributed by atoms with E-state index < -0.39 is 11.5 Å². The molecule has 1 unspecified atom stereocenters. The monoisotopic (exact) mass is 367 g/mol. The van der Waals surface area contributed by atoms with Gasteiger partial charge in [-0.1, -0.05) is 41.1 Å². The molecule has 0 bridgehead atoms. The summed E-state index contributed by atoms with van der Waals surface area (Å²) in [5, 5.41) is 12.1. The van der Waals surface area contributed by atoms with Crippen LogP contribution in [0.4, 0.5) is 0 Å². The zero-order chi connectivity index (χ0) is 16.2. The second-order valence-corrected chi connectivity index (χ2v) is 6.95. The Bertz CT molecular complexity index is 555. The minimum absolute atomic E-state index is 0.0181. The maximum atomic E-state index is 12.6. The highest BCUT2D eigenvalue weighted by Gasteiger charge is 2.41. The standard InChI is InChI=1S/C17H22BrNO3/c1-2-12(10-13-6-3-4-7-14(13)18)16(22)19-17(8-5-9-17)11-15(20)21/h3-4,6-7,12H,2,5,8-11H2,1H3,(H,19,22)(H,20,21). The number of halogens is 1. The largest absolute Gasteiger partial charge is 0.481 e. The maximum Gasteiger partial charge on any atom is 0.305 e. The van der Waals surface area contributed by atoms with Crippen LogP contribution < -0.4 is 5.32 Å². The van der Waals surface area contributed by atoms with Crippen LogP contribution in [0.2, 0.25) is 0 Å². The van der Waals surface area contributed by atoms with Crippen LogP contribution in [0, 0.1) is 5.92 Å². The fourth-order valence-corrected chi connectivity index (χ4v) is 3.40. The predicted molar refractivity (Wildman–Crippen MR) is 88.6 cm³/mol. The van der Waals surface area contributed by atoms with E-state index in [0.717, 1.165) is 35.7 Å². The molecule has 0 saturated heterocycles. The lowest BCUT2D eigenvalue weighted by molar-refractivity contribution is -0.140. The van der Waals surface area contributed by atoms with Gasteiger partial charge in [0.2, 0.25) is 5.91 Å². The molecule has 5 heteroatoms. The molecule has 4 nitrogen and oxygen atoms in total. The lowest BCUT2D eigenvalue weighted by Crippen LogP contribution is -2.56. The molecule has 0 heterocycles. The average Bonchev–Trinajstić information content (AvgIpc) is 2.43. The molecule has 120 valence electrons. The number of benzene rings is 1. The van der Waals surface area contributed by atoms with Gasteiger partial charge in [-0.15, -0.1) is 0 Å². The first-order valence-electron chi connectivity index (χ1n) is 7.73. The summed E-state index contributed by atoms with van der Waals surface area (Å²) in [5.74, 6) is -1.01. The highest BCUT2D eigenvalue weighted by Crippen LogP contribution is 2.35. The summed E-state index contributed by atoms with van der Waals surface area (Å²) in [6.45, 7) is 1.99. The van der Waals surface area contributed by atoms with Crippen LogP contribution in [-0.2, 0) is 16.0 Å². The predicted octanol–water partition coefficient (Wildman–Crippen LogP) is 3.53. The van der Waals surface area contributed by atoms with Crippen molar-refractivity contribution in [3.8, 4) is 0 Å². The Morgan fingerprint density at radius 1 is 1.36 bits per heavy atom. The quantitative estimate of drug-likeness (QED) is 0.774. The molecule has 1 amide bonds. The third kappa shape index (κ3) is 4.09. The minimum atomic E-state index is -0.848. The summed E-state index contributed by atoms with van der Waals surface area (Å²) in [4.78, 5) is 23.6. The molecule has 1 saturated carbocycles. The van der Waals surface area contributed by atoms with Gasteiger partial charge in [0.15, 0.2) is 0 Å². The van der Waals surface area contributed by atoms with Gasteiger partial charge in [0.05, 0.1) is 12.0 Å². The van der Waals surface area contributed by atoms with Gasteiger partial charge < -0.3 is 10.4 Å². The van der Waals surface area contributed by atoms with Crippen molar-refractivity contribution in [1.82, 2.24) is 5.32 Å². The molecule has 0 aromatic heterocycles. The second-order valence-electron chi connectivity index (χ2n) is 6.09. The van der Waals surface area contributed by atoms with Crippen LogP contribution in [0.1, 0.15) is 44.6 Å². The number of nitrogens with one attached hydrogen (secondary N) is 1. The number of hydrogen-bond acceptors (Lipinski definition) is 2. The van der Waals surface area contributed by atoms with Gasteiger partial charge in [-0.25, -0.2) is 0 Å². The number of carbonyl (C=O) groups excluding carboxylic acids is 1. The van der Waals surface area contributed by atoms with E-state index in [0.29, 0.717) is 6.42 Å². The highest BCUT2D eigenvalue weighted by molar-refractivity contribution is 9.10. The smallest absolute Gasteiger partial charge is 0.305 e. The first-order chi connectivity index (χ1) is 10.5. The van der Waals surface area contributed by atoms with Crippen LogP contribution in [0.3, 0.4) is 0 Å². The minimum Gasteiger partial charge on any atom is -0.481 e. The number of hydrogen-bond donors (Lipinski definition) is 2. The van der Waals surface area contributed by atoms with E-state index in [1.807, 2.05) is 31.2 Å². The number of carbonyl (C=O) groups is 2. The molecule has 0 spiro atoms. The Morgan fingerprint density at radius 3 is 2.55 bits per heavy atom. The van der Waals surface area contributed by atoms with Gasteiger partial charge in [0, 0.05) is 10.4 Å². The lowest BCUT2D eigenvalue weighted by atomic mass is 9.74. The summed E-state index contributed by atoms with van der Waals surface area (Å²) in [5.41, 5.74) is 0.579. The average molecular weight is 368 g/mol. The molecule has 0 aliphatic heterocycles. The number of carboxylic acids is 1. The first kappa shape index (κ1) is 17.0. The van der Waals surface area contributed by atoms with E-state index in [9.17, 15) is 9.59 Å². The van der Waals surface area contributed by atoms with Crippen LogP contribution in [0.5, 0.6) is 0 Å². The molecular formula is C17H22BrNO3. The van der Waals surface area contributed by atoms with Crippen LogP contribution in [-0.4, -0.2) is 22.5 Å². The number of amides is 1. The summed E-state index contributed by atoms with van der Waals surface area (Å²) < 4.78 is 1.00. The Kier molecular flexibility index (Phi) is 5.62. The van der Waals surface area contributed by atoms with Crippen molar-refractivity contribution in [1.29, 1.82) is 0 Å². The topological polar surface area (TPSA) is 66.4 Å². The Hall–Kier alpha value is -1.36. The summed E-state index contributed by atoms with van der Waals surface area (Å²) in [6.07, 6.45) is 3.91. The molecule has 2 N–H and O–H groups in total. The fraction of sp³-hybridized carbons (Fsp3) is 0.529. The zero-order valence-corrected chi connectivity index (χ0v) is 14.4. The van der Waals surface area contributed by atoms with Crippen molar-refractivity contribution in [2.45, 2.75) is 51.0 Å². The zero-order valence-electron chi connectivity index (χ0n) is 12.8. The van der Waals surface area contributed by atoms with E-state index in [1.54, 1.807) is 0 Å². The van der Waals surface area contributed by atoms with E-state index in [1.165, 1.54) is 0 Å². The van der Waals surface area contributed by atoms with Crippen molar-refractivity contribution in [2.24, 2.45) is 5.92 Å². The molecule has 1 aromatic rings. The number of aliphatic carboxylic acids is 1. The summed E-state index contributed by atoms with van der Waals surface area (Å²) in [7, 11) is 0. The molecule has 22 heavy (non-hydrogen) atoms. The molecule has 1 aliphatic carbocycles. The lowest BCUT2D eigenvalue weighted by Gasteiger charge is -2.42. The van der Waals surface area contributed by atoms with Crippen molar-refractivity contribution < 1.29 is 14.7 Å². The van der Waals surface area contributed by atoms with Crippen molar-refractivity contribution in [2.75, 3.05) is 0 Å². The maximum absolute atomic E-state index is 12.6. The Balaban J connectivity index is 2.03. The van der Waals surface area contributed by atoms with Crippen LogP contribution in [0.25, 0.3) is 0 Å². The van der Waals surface area contributed by atoms with Crippen molar-refractivity contribution in [3.63, 3.8) is 0 Å². The summed E-state index contributed by atoms with van der Waals surface area (Å²) >= 11 is 3.51. The van der Waals surface area contributed by atoms with E-state index in [2.05, 4.69) is 21.2 Å². The summed E-state index contributed by atoms with van der Waals surface area (Å²) in [6, 6.07) is 7.89. The highest BCUT2D eigenvalue weighted by atomic mass is 79.9. The fourth-order valence-electron chi connectivity index (χ4n) is 2.95. The molecular weight excluding hydrogens is 346 g/mol. The van der Waals surface area contributed by atoms with Gasteiger partial charge >= 0.3 is 5.97 Å². The molecule has 2 rings (SSSR count). The number of rotatable bonds is 7. The van der Waals surface area contributed by atoms with Gasteiger partial charge in [-0.2, -0.15) is 0 Å². The molecule has 1 atom stereocenters. The first-order valence-corrected chi connectivity index (χ1v) is 8.52. The molecule has 1 aliphatic rings. The second kappa shape index (κ2) is 7.27. The number of carboxylic acid groups (broad SMARTS) is 1. The van der Waals surface area contributed by atoms with E-state index in [-0.39, 0.29) is 18.2 Å². The van der Waals surface area contributed by atoms with Gasteiger partial charge in [0.1, 0.15) is 0 Å².